The highest BCUT2D eigenvalue weighted by Gasteiger charge is 2.30. The summed E-state index contributed by atoms with van der Waals surface area (Å²) in [6.45, 7) is 5.21. The maximum atomic E-state index is 12.7. The fraction of sp³-hybridized carbons (Fsp3) is 0.316. The second kappa shape index (κ2) is 7.88. The topological polar surface area (TPSA) is 98.5 Å². The van der Waals surface area contributed by atoms with Crippen molar-refractivity contribution in [3.05, 3.63) is 60.2 Å². The van der Waals surface area contributed by atoms with Crippen LogP contribution in [0.4, 0.5) is 5.69 Å². The quantitative estimate of drug-likeness (QED) is 0.596. The first kappa shape index (κ1) is 19.9. The number of rotatable bonds is 6. The van der Waals surface area contributed by atoms with Crippen LogP contribution in [0.15, 0.2) is 59.5 Å². The Morgan fingerprint density at radius 1 is 1.08 bits per heavy atom. The third-order valence-electron chi connectivity index (χ3n) is 3.46. The standard InChI is InChI=1S/C19H24N2O4S/c1-19(2,3)25-18(22)17(13-14-7-5-4-6-8-14)21-26(23,24)16-11-9-15(20)10-12-16/h4-12,17,21H,13,20H2,1-3H3/t17-/m1/s1. The van der Waals surface area contributed by atoms with E-state index >= 15 is 0 Å². The van der Waals surface area contributed by atoms with Gasteiger partial charge in [0.2, 0.25) is 10.0 Å². The summed E-state index contributed by atoms with van der Waals surface area (Å²) in [6.07, 6.45) is 0.184. The third-order valence-corrected chi connectivity index (χ3v) is 4.95. The Morgan fingerprint density at radius 3 is 2.19 bits per heavy atom. The fourth-order valence-electron chi connectivity index (χ4n) is 2.30. The first-order chi connectivity index (χ1) is 12.1. The van der Waals surface area contributed by atoms with Crippen molar-refractivity contribution in [1.82, 2.24) is 4.72 Å². The average molecular weight is 376 g/mol. The molecule has 0 aliphatic carbocycles. The summed E-state index contributed by atoms with van der Waals surface area (Å²) in [6, 6.07) is 13.9. The molecule has 0 fully saturated rings. The molecule has 0 heterocycles. The Hall–Kier alpha value is -2.38. The van der Waals surface area contributed by atoms with Gasteiger partial charge in [0.15, 0.2) is 0 Å². The Balaban J connectivity index is 2.27. The maximum absolute atomic E-state index is 12.7. The molecule has 7 heteroatoms. The summed E-state index contributed by atoms with van der Waals surface area (Å²) < 4.78 is 33.2. The van der Waals surface area contributed by atoms with E-state index in [1.807, 2.05) is 30.3 Å². The van der Waals surface area contributed by atoms with Gasteiger partial charge in [-0.05, 0) is 57.0 Å². The lowest BCUT2D eigenvalue weighted by atomic mass is 10.1. The van der Waals surface area contributed by atoms with Gasteiger partial charge in [-0.25, -0.2) is 8.42 Å². The summed E-state index contributed by atoms with van der Waals surface area (Å²) in [7, 11) is -3.90. The van der Waals surface area contributed by atoms with Crippen molar-refractivity contribution in [1.29, 1.82) is 0 Å². The smallest absolute Gasteiger partial charge is 0.325 e. The van der Waals surface area contributed by atoms with Gasteiger partial charge < -0.3 is 10.5 Å². The minimum Gasteiger partial charge on any atom is -0.459 e. The number of benzene rings is 2. The van der Waals surface area contributed by atoms with Crippen LogP contribution in [0, 0.1) is 0 Å². The van der Waals surface area contributed by atoms with Gasteiger partial charge in [-0.3, -0.25) is 4.79 Å². The number of ether oxygens (including phenoxy) is 1. The van der Waals surface area contributed by atoms with Crippen molar-refractivity contribution in [3.8, 4) is 0 Å². The van der Waals surface area contributed by atoms with Crippen LogP contribution in [-0.4, -0.2) is 26.0 Å². The van der Waals surface area contributed by atoms with Crippen LogP contribution >= 0.6 is 0 Å². The van der Waals surface area contributed by atoms with Crippen molar-refractivity contribution in [2.45, 2.75) is 43.7 Å². The van der Waals surface area contributed by atoms with E-state index in [1.165, 1.54) is 24.3 Å². The van der Waals surface area contributed by atoms with Gasteiger partial charge in [0.05, 0.1) is 4.90 Å². The number of hydrogen-bond donors (Lipinski definition) is 2. The van der Waals surface area contributed by atoms with Crippen molar-refractivity contribution in [3.63, 3.8) is 0 Å². The molecule has 0 aliphatic rings. The number of carbonyl (C=O) groups is 1. The number of esters is 1. The van der Waals surface area contributed by atoms with Gasteiger partial charge in [0.1, 0.15) is 11.6 Å². The van der Waals surface area contributed by atoms with Crippen LogP contribution in [0.25, 0.3) is 0 Å². The molecule has 0 unspecified atom stereocenters. The summed E-state index contributed by atoms with van der Waals surface area (Å²) in [5.74, 6) is -0.625. The number of nitrogens with two attached hydrogens (primary N) is 1. The highest BCUT2D eigenvalue weighted by molar-refractivity contribution is 7.89. The predicted molar refractivity (Wildman–Crippen MR) is 101 cm³/mol. The number of hydrogen-bond acceptors (Lipinski definition) is 5. The zero-order valence-corrected chi connectivity index (χ0v) is 15.9. The molecule has 2 rings (SSSR count). The Bertz CT molecular complexity index is 841. The summed E-state index contributed by atoms with van der Waals surface area (Å²) in [5, 5.41) is 0. The van der Waals surface area contributed by atoms with E-state index in [4.69, 9.17) is 10.5 Å². The largest absolute Gasteiger partial charge is 0.459 e. The average Bonchev–Trinajstić information content (AvgIpc) is 2.54. The van der Waals surface area contributed by atoms with Gasteiger partial charge in [0.25, 0.3) is 0 Å². The summed E-state index contributed by atoms with van der Waals surface area (Å²) in [4.78, 5) is 12.6. The first-order valence-electron chi connectivity index (χ1n) is 8.21. The molecule has 26 heavy (non-hydrogen) atoms. The zero-order valence-electron chi connectivity index (χ0n) is 15.1. The molecular weight excluding hydrogens is 352 g/mol. The molecule has 6 nitrogen and oxygen atoms in total. The van der Waals surface area contributed by atoms with Crippen molar-refractivity contribution >= 4 is 21.7 Å². The first-order valence-corrected chi connectivity index (χ1v) is 9.70. The molecule has 0 saturated heterocycles. The molecule has 1 atom stereocenters. The summed E-state index contributed by atoms with van der Waals surface area (Å²) in [5.41, 5.74) is 6.16. The molecule has 0 spiro atoms. The molecule has 0 radical (unpaired) electrons. The molecule has 0 bridgehead atoms. The molecule has 3 N–H and O–H groups in total. The van der Waals surface area contributed by atoms with Crippen molar-refractivity contribution in [2.75, 3.05) is 5.73 Å². The predicted octanol–water partition coefficient (Wildman–Crippen LogP) is 2.50. The second-order valence-electron chi connectivity index (χ2n) is 6.97. The van der Waals surface area contributed by atoms with Crippen molar-refractivity contribution in [2.24, 2.45) is 0 Å². The normalized spacial score (nSPS) is 13.2. The van der Waals surface area contributed by atoms with Crippen molar-refractivity contribution < 1.29 is 17.9 Å². The molecule has 0 aromatic heterocycles. The molecule has 2 aromatic rings. The van der Waals surface area contributed by atoms with Crippen LogP contribution in [0.2, 0.25) is 0 Å². The lowest BCUT2D eigenvalue weighted by molar-refractivity contribution is -0.156. The molecular formula is C19H24N2O4S. The van der Waals surface area contributed by atoms with Gasteiger partial charge in [0, 0.05) is 5.69 Å². The van der Waals surface area contributed by atoms with E-state index in [1.54, 1.807) is 20.8 Å². The SMILES string of the molecule is CC(C)(C)OC(=O)[C@@H](Cc1ccccc1)NS(=O)(=O)c1ccc(N)cc1. The maximum Gasteiger partial charge on any atom is 0.325 e. The molecule has 140 valence electrons. The van der Waals surface area contributed by atoms with Crippen LogP contribution in [0.1, 0.15) is 26.3 Å². The van der Waals surface area contributed by atoms with E-state index in [-0.39, 0.29) is 11.3 Å². The number of sulfonamides is 1. The van der Waals surface area contributed by atoms with Crippen LogP contribution in [0.3, 0.4) is 0 Å². The van der Waals surface area contributed by atoms with E-state index < -0.39 is 27.6 Å². The minimum absolute atomic E-state index is 0.0355. The van der Waals surface area contributed by atoms with Gasteiger partial charge in [-0.2, -0.15) is 4.72 Å². The minimum atomic E-state index is -3.90. The molecule has 0 saturated carbocycles. The zero-order chi connectivity index (χ0) is 19.4. The Kier molecular flexibility index (Phi) is 6.05. The van der Waals surface area contributed by atoms with Crippen LogP contribution < -0.4 is 10.5 Å². The van der Waals surface area contributed by atoms with E-state index in [0.29, 0.717) is 5.69 Å². The molecule has 2 aromatic carbocycles. The second-order valence-corrected chi connectivity index (χ2v) is 8.68. The van der Waals surface area contributed by atoms with E-state index in [2.05, 4.69) is 4.72 Å². The fourth-order valence-corrected chi connectivity index (χ4v) is 3.48. The number of anilines is 1. The van der Waals surface area contributed by atoms with E-state index in [9.17, 15) is 13.2 Å². The number of carbonyl (C=O) groups excluding carboxylic acids is 1. The molecule has 0 amide bonds. The lowest BCUT2D eigenvalue weighted by Gasteiger charge is -2.24. The number of nitrogen functional groups attached to an aromatic ring is 1. The monoisotopic (exact) mass is 376 g/mol. The van der Waals surface area contributed by atoms with Crippen LogP contribution in [-0.2, 0) is 26.0 Å². The highest BCUT2D eigenvalue weighted by atomic mass is 32.2. The molecule has 0 aliphatic heterocycles. The summed E-state index contributed by atoms with van der Waals surface area (Å²) >= 11 is 0. The Morgan fingerprint density at radius 2 is 1.65 bits per heavy atom. The van der Waals surface area contributed by atoms with E-state index in [0.717, 1.165) is 5.56 Å². The Labute approximate surface area is 154 Å². The number of nitrogens with one attached hydrogen (secondary N) is 1. The van der Waals surface area contributed by atoms with Gasteiger partial charge in [-0.1, -0.05) is 30.3 Å². The third kappa shape index (κ3) is 5.86. The van der Waals surface area contributed by atoms with Crippen LogP contribution in [0.5, 0.6) is 0 Å². The lowest BCUT2D eigenvalue weighted by Crippen LogP contribution is -2.45. The van der Waals surface area contributed by atoms with Gasteiger partial charge >= 0.3 is 5.97 Å². The van der Waals surface area contributed by atoms with Gasteiger partial charge in [-0.15, -0.1) is 0 Å². The highest BCUT2D eigenvalue weighted by Crippen LogP contribution is 2.16.